The fourth-order valence-electron chi connectivity index (χ4n) is 1.47. The monoisotopic (exact) mass is 227 g/mol. The first-order valence-electron chi connectivity index (χ1n) is 5.76. The molecule has 0 atom stereocenters. The molecule has 16 heavy (non-hydrogen) atoms. The third kappa shape index (κ3) is 4.74. The Morgan fingerprint density at radius 1 is 1.50 bits per heavy atom. The van der Waals surface area contributed by atoms with Gasteiger partial charge in [0, 0.05) is 25.8 Å². The molecule has 2 N–H and O–H groups in total. The maximum Gasteiger partial charge on any atom is 0.0948 e. The molecule has 5 nitrogen and oxygen atoms in total. The fourth-order valence-corrected chi connectivity index (χ4v) is 1.47. The van der Waals surface area contributed by atoms with Gasteiger partial charge in [-0.1, -0.05) is 6.92 Å². The number of ether oxygens (including phenoxy) is 1. The zero-order chi connectivity index (χ0) is 11.6. The molecule has 0 unspecified atom stereocenters. The Bertz CT molecular complexity index is 276. The molecule has 0 aromatic carbocycles. The van der Waals surface area contributed by atoms with E-state index in [1.54, 1.807) is 0 Å². The second-order valence-corrected chi connectivity index (χ2v) is 3.59. The summed E-state index contributed by atoms with van der Waals surface area (Å²) in [4.78, 5) is 4.13. The van der Waals surface area contributed by atoms with Crippen LogP contribution in [0, 0.1) is 0 Å². The van der Waals surface area contributed by atoms with Crippen LogP contribution in [0.5, 0.6) is 0 Å². The maximum absolute atomic E-state index is 8.51. The van der Waals surface area contributed by atoms with Gasteiger partial charge < -0.3 is 19.7 Å². The van der Waals surface area contributed by atoms with Gasteiger partial charge in [0.25, 0.3) is 0 Å². The summed E-state index contributed by atoms with van der Waals surface area (Å²) < 4.78 is 7.30. The van der Waals surface area contributed by atoms with Crippen molar-refractivity contribution < 1.29 is 9.84 Å². The van der Waals surface area contributed by atoms with Crippen molar-refractivity contribution in [2.45, 2.75) is 26.4 Å². The first-order chi connectivity index (χ1) is 7.88. The molecule has 1 heterocycles. The second-order valence-electron chi connectivity index (χ2n) is 3.59. The van der Waals surface area contributed by atoms with Gasteiger partial charge in [-0.05, 0) is 6.42 Å². The summed E-state index contributed by atoms with van der Waals surface area (Å²) >= 11 is 0. The summed E-state index contributed by atoms with van der Waals surface area (Å²) in [6.07, 6.45) is 4.86. The smallest absolute Gasteiger partial charge is 0.0948 e. The van der Waals surface area contributed by atoms with E-state index < -0.39 is 0 Å². The Morgan fingerprint density at radius 2 is 2.38 bits per heavy atom. The van der Waals surface area contributed by atoms with E-state index in [1.165, 1.54) is 5.69 Å². The highest BCUT2D eigenvalue weighted by atomic mass is 16.5. The Hall–Kier alpha value is -0.910. The second kappa shape index (κ2) is 8.27. The minimum Gasteiger partial charge on any atom is -0.394 e. The number of aliphatic hydroxyl groups is 1. The highest BCUT2D eigenvalue weighted by Gasteiger charge is 1.99. The highest BCUT2D eigenvalue weighted by molar-refractivity contribution is 4.97. The van der Waals surface area contributed by atoms with Crippen LogP contribution in [-0.4, -0.2) is 41.0 Å². The molecule has 5 heteroatoms. The lowest BCUT2D eigenvalue weighted by Crippen LogP contribution is -2.21. The molecule has 1 aromatic rings. The molecule has 0 aliphatic rings. The van der Waals surface area contributed by atoms with Crippen LogP contribution < -0.4 is 5.32 Å². The largest absolute Gasteiger partial charge is 0.394 e. The Kier molecular flexibility index (Phi) is 6.80. The first kappa shape index (κ1) is 13.2. The fraction of sp³-hybridized carbons (Fsp3) is 0.727. The molecular formula is C11H21N3O2. The molecule has 1 aromatic heterocycles. The molecule has 0 saturated heterocycles. The Morgan fingerprint density at radius 3 is 3.12 bits per heavy atom. The van der Waals surface area contributed by atoms with E-state index >= 15 is 0 Å². The third-order valence-electron chi connectivity index (χ3n) is 2.23. The first-order valence-corrected chi connectivity index (χ1v) is 5.76. The number of imidazole rings is 1. The van der Waals surface area contributed by atoms with Crippen LogP contribution in [0.2, 0.25) is 0 Å². The molecule has 0 amide bonds. The van der Waals surface area contributed by atoms with Crippen LogP contribution in [0.15, 0.2) is 12.5 Å². The summed E-state index contributed by atoms with van der Waals surface area (Å²) in [5.74, 6) is 0. The standard InChI is InChI=1S/C11H21N3O2/c1-2-4-14-10-13-9-11(14)8-12-3-6-16-7-5-15/h9-10,12,15H,2-8H2,1H3. The van der Waals surface area contributed by atoms with Crippen LogP contribution >= 0.6 is 0 Å². The number of nitrogens with zero attached hydrogens (tertiary/aromatic N) is 2. The predicted molar refractivity (Wildman–Crippen MR) is 62.1 cm³/mol. The van der Waals surface area contributed by atoms with Gasteiger partial charge in [-0.2, -0.15) is 0 Å². The lowest BCUT2D eigenvalue weighted by Gasteiger charge is -2.08. The number of nitrogens with one attached hydrogen (secondary N) is 1. The van der Waals surface area contributed by atoms with Gasteiger partial charge in [0.1, 0.15) is 0 Å². The zero-order valence-electron chi connectivity index (χ0n) is 9.85. The number of hydrogen-bond donors (Lipinski definition) is 2. The van der Waals surface area contributed by atoms with Gasteiger partial charge in [0.05, 0.1) is 31.8 Å². The van der Waals surface area contributed by atoms with E-state index in [4.69, 9.17) is 9.84 Å². The van der Waals surface area contributed by atoms with Crippen molar-refractivity contribution in [3.8, 4) is 0 Å². The van der Waals surface area contributed by atoms with Gasteiger partial charge in [-0.3, -0.25) is 0 Å². The molecule has 92 valence electrons. The van der Waals surface area contributed by atoms with Crippen molar-refractivity contribution in [3.05, 3.63) is 18.2 Å². The minimum atomic E-state index is 0.0866. The van der Waals surface area contributed by atoms with Gasteiger partial charge in [0.15, 0.2) is 0 Å². The SMILES string of the molecule is CCCn1cncc1CNCCOCCO. The molecule has 0 fully saturated rings. The van der Waals surface area contributed by atoms with Crippen molar-refractivity contribution in [3.63, 3.8) is 0 Å². The predicted octanol–water partition coefficient (Wildman–Crippen LogP) is 0.392. The van der Waals surface area contributed by atoms with Crippen molar-refractivity contribution in [1.82, 2.24) is 14.9 Å². The van der Waals surface area contributed by atoms with E-state index in [0.717, 1.165) is 26.1 Å². The summed E-state index contributed by atoms with van der Waals surface area (Å²) in [5.41, 5.74) is 1.20. The quantitative estimate of drug-likeness (QED) is 0.599. The average Bonchev–Trinajstić information content (AvgIpc) is 2.72. The summed E-state index contributed by atoms with van der Waals surface area (Å²) in [6, 6.07) is 0. The number of aryl methyl sites for hydroxylation is 1. The normalized spacial score (nSPS) is 10.9. The van der Waals surface area contributed by atoms with Crippen LogP contribution in [-0.2, 0) is 17.8 Å². The van der Waals surface area contributed by atoms with Gasteiger partial charge in [-0.25, -0.2) is 4.98 Å². The van der Waals surface area contributed by atoms with E-state index in [2.05, 4.69) is 21.8 Å². The molecule has 0 aliphatic carbocycles. The van der Waals surface area contributed by atoms with Crippen molar-refractivity contribution in [2.24, 2.45) is 0 Å². The van der Waals surface area contributed by atoms with E-state index in [1.807, 2.05) is 12.5 Å². The lowest BCUT2D eigenvalue weighted by molar-refractivity contribution is 0.0937. The van der Waals surface area contributed by atoms with Crippen LogP contribution in [0.25, 0.3) is 0 Å². The number of aliphatic hydroxyl groups excluding tert-OH is 1. The Balaban J connectivity index is 2.13. The Labute approximate surface area is 96.4 Å². The minimum absolute atomic E-state index is 0.0866. The van der Waals surface area contributed by atoms with Crippen LogP contribution in [0.4, 0.5) is 0 Å². The van der Waals surface area contributed by atoms with Crippen LogP contribution in [0.1, 0.15) is 19.0 Å². The molecule has 0 aliphatic heterocycles. The number of hydrogen-bond acceptors (Lipinski definition) is 4. The molecule has 1 rings (SSSR count). The lowest BCUT2D eigenvalue weighted by atomic mass is 10.4. The van der Waals surface area contributed by atoms with E-state index in [9.17, 15) is 0 Å². The number of rotatable bonds is 9. The van der Waals surface area contributed by atoms with Crippen LogP contribution in [0.3, 0.4) is 0 Å². The van der Waals surface area contributed by atoms with E-state index in [0.29, 0.717) is 13.2 Å². The maximum atomic E-state index is 8.51. The molecule has 0 radical (unpaired) electrons. The van der Waals surface area contributed by atoms with Gasteiger partial charge in [-0.15, -0.1) is 0 Å². The summed E-state index contributed by atoms with van der Waals surface area (Å²) in [6.45, 7) is 5.89. The summed E-state index contributed by atoms with van der Waals surface area (Å²) in [5, 5.41) is 11.8. The topological polar surface area (TPSA) is 59.3 Å². The molecule has 0 spiro atoms. The molecule has 0 saturated carbocycles. The van der Waals surface area contributed by atoms with Gasteiger partial charge >= 0.3 is 0 Å². The van der Waals surface area contributed by atoms with Gasteiger partial charge in [0.2, 0.25) is 0 Å². The zero-order valence-corrected chi connectivity index (χ0v) is 9.85. The molecular weight excluding hydrogens is 206 g/mol. The van der Waals surface area contributed by atoms with Crippen molar-refractivity contribution in [1.29, 1.82) is 0 Å². The molecule has 0 bridgehead atoms. The third-order valence-corrected chi connectivity index (χ3v) is 2.23. The van der Waals surface area contributed by atoms with Crippen molar-refractivity contribution in [2.75, 3.05) is 26.4 Å². The highest BCUT2D eigenvalue weighted by Crippen LogP contribution is 1.99. The summed E-state index contributed by atoms with van der Waals surface area (Å²) in [7, 11) is 0. The number of aromatic nitrogens is 2. The van der Waals surface area contributed by atoms with E-state index in [-0.39, 0.29) is 6.61 Å². The van der Waals surface area contributed by atoms with Crippen molar-refractivity contribution >= 4 is 0 Å². The average molecular weight is 227 g/mol.